The molecule has 1 atom stereocenters. The second-order valence-electron chi connectivity index (χ2n) is 3.84. The molecule has 0 fully saturated rings. The second-order valence-corrected chi connectivity index (χ2v) is 5.70. The molecule has 2 amide bonds. The van der Waals surface area contributed by atoms with E-state index in [0.717, 1.165) is 4.47 Å². The van der Waals surface area contributed by atoms with Gasteiger partial charge in [0.05, 0.1) is 4.88 Å². The number of nitrogens with two attached hydrogens (primary N) is 1. The Hall–Kier alpha value is -1.66. The van der Waals surface area contributed by atoms with Crippen molar-refractivity contribution in [2.24, 2.45) is 5.73 Å². The Morgan fingerprint density at radius 1 is 1.26 bits per heavy atom. The molecule has 1 heterocycles. The number of hydrogen-bond donors (Lipinski definition) is 2. The van der Waals surface area contributed by atoms with Crippen molar-refractivity contribution in [3.8, 4) is 0 Å². The predicted molar refractivity (Wildman–Crippen MR) is 77.9 cm³/mol. The van der Waals surface area contributed by atoms with E-state index < -0.39 is 11.9 Å². The van der Waals surface area contributed by atoms with Crippen LogP contribution in [0.4, 0.5) is 0 Å². The molecule has 2 aromatic rings. The molecular weight excluding hydrogens is 328 g/mol. The van der Waals surface area contributed by atoms with Crippen molar-refractivity contribution in [1.29, 1.82) is 0 Å². The van der Waals surface area contributed by atoms with Gasteiger partial charge >= 0.3 is 0 Å². The van der Waals surface area contributed by atoms with E-state index in [1.807, 2.05) is 6.07 Å². The molecule has 1 unspecified atom stereocenters. The van der Waals surface area contributed by atoms with E-state index in [0.29, 0.717) is 10.4 Å². The van der Waals surface area contributed by atoms with E-state index in [1.165, 1.54) is 11.3 Å². The Balaban J connectivity index is 2.22. The first-order chi connectivity index (χ1) is 9.08. The number of amides is 2. The minimum Gasteiger partial charge on any atom is -0.368 e. The molecule has 0 aliphatic carbocycles. The van der Waals surface area contributed by atoms with Crippen LogP contribution >= 0.6 is 27.3 Å². The third kappa shape index (κ3) is 3.42. The lowest BCUT2D eigenvalue weighted by Crippen LogP contribution is -2.37. The van der Waals surface area contributed by atoms with Crippen LogP contribution in [0.5, 0.6) is 0 Å². The Kier molecular flexibility index (Phi) is 4.34. The summed E-state index contributed by atoms with van der Waals surface area (Å²) in [5, 5.41) is 4.44. The van der Waals surface area contributed by atoms with Crippen molar-refractivity contribution in [3.63, 3.8) is 0 Å². The number of nitrogens with one attached hydrogen (secondary N) is 1. The van der Waals surface area contributed by atoms with Gasteiger partial charge in [-0.15, -0.1) is 11.3 Å². The molecule has 4 nitrogen and oxygen atoms in total. The number of benzene rings is 1. The third-order valence-corrected chi connectivity index (χ3v) is 3.85. The summed E-state index contributed by atoms with van der Waals surface area (Å²) in [7, 11) is 0. The number of thiophene rings is 1. The Bertz CT molecular complexity index is 598. The van der Waals surface area contributed by atoms with Crippen LogP contribution in [-0.2, 0) is 4.79 Å². The molecule has 6 heteroatoms. The van der Waals surface area contributed by atoms with Crippen molar-refractivity contribution in [2.75, 3.05) is 0 Å². The van der Waals surface area contributed by atoms with Gasteiger partial charge in [0, 0.05) is 4.47 Å². The molecule has 19 heavy (non-hydrogen) atoms. The maximum absolute atomic E-state index is 12.0. The van der Waals surface area contributed by atoms with E-state index in [9.17, 15) is 9.59 Å². The Labute approximate surface area is 122 Å². The van der Waals surface area contributed by atoms with Crippen molar-refractivity contribution in [1.82, 2.24) is 5.32 Å². The highest BCUT2D eigenvalue weighted by Crippen LogP contribution is 2.19. The smallest absolute Gasteiger partial charge is 0.262 e. The highest BCUT2D eigenvalue weighted by Gasteiger charge is 2.21. The SMILES string of the molecule is NC(=O)C(NC(=O)c1cccs1)c1cccc(Br)c1. The summed E-state index contributed by atoms with van der Waals surface area (Å²) in [6, 6.07) is 9.75. The molecule has 0 bridgehead atoms. The molecule has 0 aliphatic rings. The van der Waals surface area contributed by atoms with E-state index in [4.69, 9.17) is 5.73 Å². The van der Waals surface area contributed by atoms with E-state index in [-0.39, 0.29) is 5.91 Å². The first-order valence-corrected chi connectivity index (χ1v) is 7.14. The molecule has 2 rings (SSSR count). The zero-order valence-electron chi connectivity index (χ0n) is 9.80. The van der Waals surface area contributed by atoms with Crippen LogP contribution in [0.1, 0.15) is 21.3 Å². The molecule has 0 aliphatic heterocycles. The summed E-state index contributed by atoms with van der Waals surface area (Å²) in [4.78, 5) is 24.0. The Morgan fingerprint density at radius 2 is 2.05 bits per heavy atom. The number of rotatable bonds is 4. The predicted octanol–water partition coefficient (Wildman–Crippen LogP) is 2.47. The highest BCUT2D eigenvalue weighted by molar-refractivity contribution is 9.10. The van der Waals surface area contributed by atoms with Crippen LogP contribution in [0.2, 0.25) is 0 Å². The van der Waals surface area contributed by atoms with E-state index in [2.05, 4.69) is 21.2 Å². The average Bonchev–Trinajstić information content (AvgIpc) is 2.89. The summed E-state index contributed by atoms with van der Waals surface area (Å²) >= 11 is 4.63. The van der Waals surface area contributed by atoms with Gasteiger partial charge in [0.25, 0.3) is 5.91 Å². The van der Waals surface area contributed by atoms with E-state index in [1.54, 1.807) is 35.7 Å². The summed E-state index contributed by atoms with van der Waals surface area (Å²) in [6.07, 6.45) is 0. The second kappa shape index (κ2) is 5.99. The molecule has 0 saturated heterocycles. The van der Waals surface area contributed by atoms with Gasteiger partial charge in [-0.25, -0.2) is 0 Å². The van der Waals surface area contributed by atoms with Gasteiger partial charge in [0.2, 0.25) is 5.91 Å². The van der Waals surface area contributed by atoms with Crippen LogP contribution in [-0.4, -0.2) is 11.8 Å². The van der Waals surface area contributed by atoms with Gasteiger partial charge in [-0.3, -0.25) is 9.59 Å². The normalized spacial score (nSPS) is 11.8. The van der Waals surface area contributed by atoms with Crippen LogP contribution in [0.3, 0.4) is 0 Å². The standard InChI is InChI=1S/C13H11BrN2O2S/c14-9-4-1-3-8(7-9)11(12(15)17)16-13(18)10-5-2-6-19-10/h1-7,11H,(H2,15,17)(H,16,18). The van der Waals surface area contributed by atoms with Gasteiger partial charge in [-0.1, -0.05) is 34.1 Å². The summed E-state index contributed by atoms with van der Waals surface area (Å²) in [5.74, 6) is -0.901. The zero-order valence-corrected chi connectivity index (χ0v) is 12.2. The molecule has 0 saturated carbocycles. The fourth-order valence-electron chi connectivity index (χ4n) is 1.61. The van der Waals surface area contributed by atoms with E-state index >= 15 is 0 Å². The molecule has 3 N–H and O–H groups in total. The van der Waals surface area contributed by atoms with Crippen LogP contribution in [0.25, 0.3) is 0 Å². The number of hydrogen-bond acceptors (Lipinski definition) is 3. The maximum Gasteiger partial charge on any atom is 0.262 e. The lowest BCUT2D eigenvalue weighted by atomic mass is 10.1. The molecule has 1 aromatic heterocycles. The average molecular weight is 339 g/mol. The lowest BCUT2D eigenvalue weighted by Gasteiger charge is -2.15. The van der Waals surface area contributed by atoms with Gasteiger partial charge in [0.15, 0.2) is 0 Å². The van der Waals surface area contributed by atoms with Gasteiger partial charge in [-0.05, 0) is 29.1 Å². The summed E-state index contributed by atoms with van der Waals surface area (Å²) < 4.78 is 0.821. The molecule has 1 aromatic carbocycles. The van der Waals surface area contributed by atoms with Crippen LogP contribution in [0, 0.1) is 0 Å². The Morgan fingerprint density at radius 3 is 2.63 bits per heavy atom. The van der Waals surface area contributed by atoms with Crippen LogP contribution in [0.15, 0.2) is 46.3 Å². The quantitative estimate of drug-likeness (QED) is 0.898. The first-order valence-electron chi connectivity index (χ1n) is 5.47. The minimum absolute atomic E-state index is 0.307. The van der Waals surface area contributed by atoms with Crippen molar-refractivity contribution < 1.29 is 9.59 Å². The van der Waals surface area contributed by atoms with Gasteiger partial charge in [-0.2, -0.15) is 0 Å². The molecule has 98 valence electrons. The molecule has 0 radical (unpaired) electrons. The molecular formula is C13H11BrN2O2S. The van der Waals surface area contributed by atoms with Gasteiger partial charge in [0.1, 0.15) is 6.04 Å². The van der Waals surface area contributed by atoms with Crippen molar-refractivity contribution >= 4 is 39.1 Å². The fraction of sp³-hybridized carbons (Fsp3) is 0.0769. The molecule has 0 spiro atoms. The summed E-state index contributed by atoms with van der Waals surface area (Å²) in [6.45, 7) is 0. The minimum atomic E-state index is -0.841. The number of primary amides is 1. The monoisotopic (exact) mass is 338 g/mol. The fourth-order valence-corrected chi connectivity index (χ4v) is 2.66. The number of halogens is 1. The maximum atomic E-state index is 12.0. The highest BCUT2D eigenvalue weighted by atomic mass is 79.9. The largest absolute Gasteiger partial charge is 0.368 e. The topological polar surface area (TPSA) is 72.2 Å². The van der Waals surface area contributed by atoms with Gasteiger partial charge < -0.3 is 11.1 Å². The lowest BCUT2D eigenvalue weighted by molar-refractivity contribution is -0.120. The number of carbonyl (C=O) groups excluding carboxylic acids is 2. The summed E-state index contributed by atoms with van der Waals surface area (Å²) in [5.41, 5.74) is 6.00. The number of carbonyl (C=O) groups is 2. The first kappa shape index (κ1) is 13.8. The third-order valence-electron chi connectivity index (χ3n) is 2.49. The van der Waals surface area contributed by atoms with Crippen LogP contribution < -0.4 is 11.1 Å². The van der Waals surface area contributed by atoms with Crippen molar-refractivity contribution in [3.05, 3.63) is 56.7 Å². The van der Waals surface area contributed by atoms with Crippen molar-refractivity contribution in [2.45, 2.75) is 6.04 Å². The zero-order chi connectivity index (χ0) is 13.8.